The Morgan fingerprint density at radius 1 is 1.50 bits per heavy atom. The highest BCUT2D eigenvalue weighted by atomic mass is 19.1. The summed E-state index contributed by atoms with van der Waals surface area (Å²) in [6, 6.07) is 4.59. The molecule has 0 aromatic heterocycles. The first-order valence-electron chi connectivity index (χ1n) is 6.32. The summed E-state index contributed by atoms with van der Waals surface area (Å²) < 4.78 is 14.0. The molecule has 5 N–H and O–H groups in total. The summed E-state index contributed by atoms with van der Waals surface area (Å²) in [7, 11) is 0. The predicted molar refractivity (Wildman–Crippen MR) is 73.9 cm³/mol. The largest absolute Gasteiger partial charge is 0.409 e. The van der Waals surface area contributed by atoms with Gasteiger partial charge in [-0.3, -0.25) is 4.79 Å². The molecule has 0 aliphatic heterocycles. The Balaban J connectivity index is 2.59. The number of nitrogens with two attached hydrogens (primary N) is 1. The summed E-state index contributed by atoms with van der Waals surface area (Å²) in [5.74, 6) is -0.992. The van der Waals surface area contributed by atoms with Crippen LogP contribution in [0.3, 0.4) is 0 Å². The average molecular weight is 282 g/mol. The van der Waals surface area contributed by atoms with Crippen LogP contribution in [0.5, 0.6) is 0 Å². The molecule has 110 valence electrons. The third-order valence-electron chi connectivity index (χ3n) is 2.64. The standard InChI is InChI=1S/C13H19FN4O2/c1-2-6-17-11(19)8-16-7-9-4-3-5-10(12(9)14)13(15)18-20/h3-5,16,20H,2,6-8H2,1H3,(H2,15,18)(H,17,19). The van der Waals surface area contributed by atoms with E-state index in [1.807, 2.05) is 6.92 Å². The van der Waals surface area contributed by atoms with Crippen LogP contribution >= 0.6 is 0 Å². The first-order chi connectivity index (χ1) is 9.60. The molecule has 0 saturated heterocycles. The quantitative estimate of drug-likeness (QED) is 0.254. The molecular formula is C13H19FN4O2. The number of carbonyl (C=O) groups is 1. The van der Waals surface area contributed by atoms with E-state index in [0.29, 0.717) is 12.1 Å². The van der Waals surface area contributed by atoms with Crippen molar-refractivity contribution in [2.45, 2.75) is 19.9 Å². The van der Waals surface area contributed by atoms with E-state index in [0.717, 1.165) is 6.42 Å². The first kappa shape index (κ1) is 15.9. The summed E-state index contributed by atoms with van der Waals surface area (Å²) in [4.78, 5) is 11.4. The zero-order valence-electron chi connectivity index (χ0n) is 11.3. The van der Waals surface area contributed by atoms with Gasteiger partial charge in [0.15, 0.2) is 5.84 Å². The Bertz CT molecular complexity index is 491. The van der Waals surface area contributed by atoms with E-state index in [9.17, 15) is 9.18 Å². The number of amides is 1. The molecule has 0 spiro atoms. The molecule has 20 heavy (non-hydrogen) atoms. The number of nitrogens with zero attached hydrogens (tertiary/aromatic N) is 1. The van der Waals surface area contributed by atoms with Crippen molar-refractivity contribution in [1.29, 1.82) is 0 Å². The lowest BCUT2D eigenvalue weighted by molar-refractivity contribution is -0.120. The van der Waals surface area contributed by atoms with Crippen molar-refractivity contribution >= 4 is 11.7 Å². The fourth-order valence-electron chi connectivity index (χ4n) is 1.61. The minimum atomic E-state index is -0.565. The van der Waals surface area contributed by atoms with Crippen LogP contribution < -0.4 is 16.4 Å². The maximum absolute atomic E-state index is 14.0. The van der Waals surface area contributed by atoms with Gasteiger partial charge in [-0.05, 0) is 12.5 Å². The fraction of sp³-hybridized carbons (Fsp3) is 0.385. The number of oxime groups is 1. The number of nitrogens with one attached hydrogen (secondary N) is 2. The normalized spacial score (nSPS) is 11.4. The van der Waals surface area contributed by atoms with Crippen LogP contribution in [-0.2, 0) is 11.3 Å². The van der Waals surface area contributed by atoms with Crippen LogP contribution in [0.25, 0.3) is 0 Å². The van der Waals surface area contributed by atoms with Gasteiger partial charge in [0.2, 0.25) is 5.91 Å². The number of hydrogen-bond acceptors (Lipinski definition) is 4. The van der Waals surface area contributed by atoms with Crippen molar-refractivity contribution in [2.75, 3.05) is 13.1 Å². The highest BCUT2D eigenvalue weighted by molar-refractivity contribution is 5.97. The first-order valence-corrected chi connectivity index (χ1v) is 6.32. The Morgan fingerprint density at radius 3 is 2.90 bits per heavy atom. The van der Waals surface area contributed by atoms with E-state index in [1.54, 1.807) is 12.1 Å². The Hall–Kier alpha value is -2.15. The van der Waals surface area contributed by atoms with Gasteiger partial charge in [0.1, 0.15) is 5.82 Å². The van der Waals surface area contributed by atoms with E-state index in [2.05, 4.69) is 15.8 Å². The summed E-state index contributed by atoms with van der Waals surface area (Å²) in [6.07, 6.45) is 0.863. The minimum absolute atomic E-state index is 0.0298. The van der Waals surface area contributed by atoms with Crippen LogP contribution in [0.2, 0.25) is 0 Å². The number of carbonyl (C=O) groups excluding carboxylic acids is 1. The predicted octanol–water partition coefficient (Wildman–Crippen LogP) is 0.536. The highest BCUT2D eigenvalue weighted by Gasteiger charge is 2.11. The topological polar surface area (TPSA) is 99.7 Å². The number of amidine groups is 1. The summed E-state index contributed by atoms with van der Waals surface area (Å²) in [5.41, 5.74) is 5.75. The van der Waals surface area contributed by atoms with Gasteiger partial charge >= 0.3 is 0 Å². The molecule has 0 bridgehead atoms. The van der Waals surface area contributed by atoms with Gasteiger partial charge in [0.05, 0.1) is 12.1 Å². The molecule has 0 fully saturated rings. The maximum Gasteiger partial charge on any atom is 0.233 e. The van der Waals surface area contributed by atoms with Gasteiger partial charge in [-0.15, -0.1) is 0 Å². The molecule has 0 heterocycles. The van der Waals surface area contributed by atoms with Gasteiger partial charge < -0.3 is 21.6 Å². The average Bonchev–Trinajstić information content (AvgIpc) is 2.46. The van der Waals surface area contributed by atoms with Crippen molar-refractivity contribution in [3.63, 3.8) is 0 Å². The molecule has 1 aromatic carbocycles. The molecule has 0 aliphatic carbocycles. The number of rotatable bonds is 7. The zero-order chi connectivity index (χ0) is 15.0. The molecule has 0 atom stereocenters. The molecule has 0 radical (unpaired) electrons. The van der Waals surface area contributed by atoms with Gasteiger partial charge in [-0.2, -0.15) is 0 Å². The smallest absolute Gasteiger partial charge is 0.233 e. The monoisotopic (exact) mass is 282 g/mol. The lowest BCUT2D eigenvalue weighted by atomic mass is 10.1. The van der Waals surface area contributed by atoms with Crippen molar-refractivity contribution in [3.05, 3.63) is 35.1 Å². The molecular weight excluding hydrogens is 263 g/mol. The number of halogens is 1. The van der Waals surface area contributed by atoms with Crippen LogP contribution in [-0.4, -0.2) is 30.0 Å². The molecule has 0 unspecified atom stereocenters. The Morgan fingerprint density at radius 2 is 2.25 bits per heavy atom. The number of benzene rings is 1. The minimum Gasteiger partial charge on any atom is -0.409 e. The third kappa shape index (κ3) is 4.51. The SMILES string of the molecule is CCCNC(=O)CNCc1cccc(/C(N)=N/O)c1F. The van der Waals surface area contributed by atoms with E-state index < -0.39 is 5.82 Å². The fourth-order valence-corrected chi connectivity index (χ4v) is 1.61. The van der Waals surface area contributed by atoms with Gasteiger partial charge in [-0.25, -0.2) is 4.39 Å². The maximum atomic E-state index is 14.0. The lowest BCUT2D eigenvalue weighted by Gasteiger charge is -2.09. The van der Waals surface area contributed by atoms with Crippen LogP contribution in [0, 0.1) is 5.82 Å². The molecule has 6 nitrogen and oxygen atoms in total. The van der Waals surface area contributed by atoms with E-state index in [-0.39, 0.29) is 30.4 Å². The highest BCUT2D eigenvalue weighted by Crippen LogP contribution is 2.12. The second kappa shape index (κ2) is 8.11. The van der Waals surface area contributed by atoms with E-state index in [1.165, 1.54) is 6.07 Å². The second-order valence-corrected chi connectivity index (χ2v) is 4.22. The summed E-state index contributed by atoms with van der Waals surface area (Å²) >= 11 is 0. The number of hydrogen-bond donors (Lipinski definition) is 4. The van der Waals surface area contributed by atoms with E-state index >= 15 is 0 Å². The van der Waals surface area contributed by atoms with Crippen LogP contribution in [0.1, 0.15) is 24.5 Å². The molecule has 1 amide bonds. The van der Waals surface area contributed by atoms with Gasteiger partial charge in [0, 0.05) is 18.7 Å². The van der Waals surface area contributed by atoms with Crippen LogP contribution in [0.4, 0.5) is 4.39 Å². The van der Waals surface area contributed by atoms with Gasteiger partial charge in [-0.1, -0.05) is 24.2 Å². The molecule has 7 heteroatoms. The van der Waals surface area contributed by atoms with Crippen molar-refractivity contribution in [1.82, 2.24) is 10.6 Å². The molecule has 1 rings (SSSR count). The van der Waals surface area contributed by atoms with Crippen molar-refractivity contribution in [3.8, 4) is 0 Å². The van der Waals surface area contributed by atoms with E-state index in [4.69, 9.17) is 10.9 Å². The van der Waals surface area contributed by atoms with Crippen LogP contribution in [0.15, 0.2) is 23.4 Å². The second-order valence-electron chi connectivity index (χ2n) is 4.22. The summed E-state index contributed by atoms with van der Waals surface area (Å²) in [6.45, 7) is 2.86. The van der Waals surface area contributed by atoms with Gasteiger partial charge in [0.25, 0.3) is 0 Å². The molecule has 0 aliphatic rings. The lowest BCUT2D eigenvalue weighted by Crippen LogP contribution is -2.34. The Labute approximate surface area is 116 Å². The Kier molecular flexibility index (Phi) is 6.45. The summed E-state index contributed by atoms with van der Waals surface area (Å²) in [5, 5.41) is 16.9. The zero-order valence-corrected chi connectivity index (χ0v) is 11.3. The third-order valence-corrected chi connectivity index (χ3v) is 2.64. The van der Waals surface area contributed by atoms with Crippen molar-refractivity contribution < 1.29 is 14.4 Å². The van der Waals surface area contributed by atoms with Crippen molar-refractivity contribution in [2.24, 2.45) is 10.9 Å². The molecule has 1 aromatic rings. The molecule has 0 saturated carbocycles.